The maximum Gasteiger partial charge on any atom is 0.306 e. The van der Waals surface area contributed by atoms with Crippen LogP contribution in [0.1, 0.15) is 265 Å². The average molecular weight is 777 g/mol. The molecule has 324 valence electrons. The van der Waals surface area contributed by atoms with Crippen LogP contribution >= 0.6 is 0 Å². The quantitative estimate of drug-likeness (QED) is 0.0265. The molecule has 1 atom stereocenters. The summed E-state index contributed by atoms with van der Waals surface area (Å²) in [5, 5.41) is 0. The normalized spacial score (nSPS) is 12.0. The summed E-state index contributed by atoms with van der Waals surface area (Å²) >= 11 is 0. The zero-order valence-corrected chi connectivity index (χ0v) is 37.0. The Morgan fingerprint density at radius 3 is 0.909 bits per heavy atom. The number of rotatable bonds is 44. The Balaban J connectivity index is 4.26. The third-order valence-corrected chi connectivity index (χ3v) is 10.8. The van der Waals surface area contributed by atoms with Gasteiger partial charge >= 0.3 is 17.9 Å². The summed E-state index contributed by atoms with van der Waals surface area (Å²) in [5.41, 5.74) is 0. The van der Waals surface area contributed by atoms with E-state index in [2.05, 4.69) is 32.9 Å². The van der Waals surface area contributed by atoms with Crippen molar-refractivity contribution in [2.75, 3.05) is 13.2 Å². The lowest BCUT2D eigenvalue weighted by Gasteiger charge is -2.18. The van der Waals surface area contributed by atoms with Crippen LogP contribution in [0.5, 0.6) is 0 Å². The Hall–Kier alpha value is -1.85. The van der Waals surface area contributed by atoms with E-state index in [4.69, 9.17) is 14.2 Å². The van der Waals surface area contributed by atoms with Crippen molar-refractivity contribution in [1.82, 2.24) is 0 Å². The van der Waals surface area contributed by atoms with E-state index in [0.29, 0.717) is 19.3 Å². The highest BCUT2D eigenvalue weighted by Gasteiger charge is 2.19. The molecule has 0 saturated heterocycles. The monoisotopic (exact) mass is 777 g/mol. The van der Waals surface area contributed by atoms with E-state index in [1.807, 2.05) is 0 Å². The molecule has 6 heteroatoms. The molecular formula is C49H92O6. The van der Waals surface area contributed by atoms with Crippen molar-refractivity contribution >= 4 is 17.9 Å². The maximum absolute atomic E-state index is 12.7. The van der Waals surface area contributed by atoms with Crippen molar-refractivity contribution in [3.05, 3.63) is 12.2 Å². The Bertz CT molecular complexity index is 854. The van der Waals surface area contributed by atoms with Crippen molar-refractivity contribution in [3.8, 4) is 0 Å². The van der Waals surface area contributed by atoms with Crippen LogP contribution in [-0.4, -0.2) is 37.2 Å². The molecular weight excluding hydrogens is 685 g/mol. The second-order valence-electron chi connectivity index (χ2n) is 16.4. The molecule has 6 nitrogen and oxygen atoms in total. The Morgan fingerprint density at radius 1 is 0.345 bits per heavy atom. The molecule has 0 aliphatic heterocycles. The summed E-state index contributed by atoms with van der Waals surface area (Å²) in [6.07, 6.45) is 47.7. The van der Waals surface area contributed by atoms with Crippen molar-refractivity contribution in [1.29, 1.82) is 0 Å². The number of ether oxygens (including phenoxy) is 3. The number of allylic oxidation sites excluding steroid dienone is 2. The number of unbranched alkanes of at least 4 members (excludes halogenated alkanes) is 31. The molecule has 0 bridgehead atoms. The van der Waals surface area contributed by atoms with Crippen LogP contribution in [0, 0.1) is 0 Å². The average Bonchev–Trinajstić information content (AvgIpc) is 3.18. The van der Waals surface area contributed by atoms with Crippen molar-refractivity contribution in [2.45, 2.75) is 271 Å². The molecule has 55 heavy (non-hydrogen) atoms. The number of carbonyl (C=O) groups is 3. The Morgan fingerprint density at radius 2 is 0.600 bits per heavy atom. The van der Waals surface area contributed by atoms with Gasteiger partial charge in [-0.05, 0) is 44.9 Å². The summed E-state index contributed by atoms with van der Waals surface area (Å²) in [6.45, 7) is 6.62. The highest BCUT2D eigenvalue weighted by atomic mass is 16.6. The van der Waals surface area contributed by atoms with Gasteiger partial charge in [0.1, 0.15) is 13.2 Å². The van der Waals surface area contributed by atoms with Crippen LogP contribution in [0.25, 0.3) is 0 Å². The van der Waals surface area contributed by atoms with E-state index in [9.17, 15) is 14.4 Å². The molecule has 0 aliphatic carbocycles. The van der Waals surface area contributed by atoms with Gasteiger partial charge in [0.2, 0.25) is 0 Å². The standard InChI is InChI=1S/C49H92O6/c1-4-7-10-13-16-19-21-23-24-25-26-27-29-30-33-36-39-42-48(51)54-45-46(44-53-47(50)41-38-35-32-18-15-12-9-6-3)55-49(52)43-40-37-34-31-28-22-20-17-14-11-8-5-2/h23-24,46H,4-22,25-45H2,1-3H3/b24-23-. The zero-order valence-electron chi connectivity index (χ0n) is 37.0. The summed E-state index contributed by atoms with van der Waals surface area (Å²) in [6, 6.07) is 0. The number of hydrogen-bond acceptors (Lipinski definition) is 6. The Kier molecular flexibility index (Phi) is 43.4. The molecule has 1 unspecified atom stereocenters. The highest BCUT2D eigenvalue weighted by molar-refractivity contribution is 5.71. The lowest BCUT2D eigenvalue weighted by molar-refractivity contribution is -0.167. The van der Waals surface area contributed by atoms with E-state index in [1.165, 1.54) is 167 Å². The second kappa shape index (κ2) is 44.9. The fourth-order valence-corrected chi connectivity index (χ4v) is 7.08. The molecule has 0 amide bonds. The van der Waals surface area contributed by atoms with E-state index in [1.54, 1.807) is 0 Å². The first-order chi connectivity index (χ1) is 27.0. The Labute approximate surface area is 341 Å². The highest BCUT2D eigenvalue weighted by Crippen LogP contribution is 2.15. The van der Waals surface area contributed by atoms with Crippen molar-refractivity contribution < 1.29 is 28.6 Å². The van der Waals surface area contributed by atoms with Crippen LogP contribution in [-0.2, 0) is 28.6 Å². The lowest BCUT2D eigenvalue weighted by atomic mass is 10.0. The molecule has 0 spiro atoms. The molecule has 0 fully saturated rings. The third kappa shape index (κ3) is 43.1. The van der Waals surface area contributed by atoms with E-state index in [0.717, 1.165) is 57.8 Å². The van der Waals surface area contributed by atoms with Gasteiger partial charge in [0, 0.05) is 19.3 Å². The molecule has 0 aromatic heterocycles. The molecule has 0 heterocycles. The minimum Gasteiger partial charge on any atom is -0.462 e. The van der Waals surface area contributed by atoms with E-state index in [-0.39, 0.29) is 31.1 Å². The smallest absolute Gasteiger partial charge is 0.306 e. The molecule has 0 radical (unpaired) electrons. The minimum absolute atomic E-state index is 0.0672. The summed E-state index contributed by atoms with van der Waals surface area (Å²) in [4.78, 5) is 37.7. The predicted molar refractivity (Wildman–Crippen MR) is 233 cm³/mol. The van der Waals surface area contributed by atoms with Crippen LogP contribution in [0.4, 0.5) is 0 Å². The fraction of sp³-hybridized carbons (Fsp3) is 0.898. The third-order valence-electron chi connectivity index (χ3n) is 10.8. The van der Waals surface area contributed by atoms with Gasteiger partial charge in [-0.25, -0.2) is 0 Å². The predicted octanol–water partition coefficient (Wildman–Crippen LogP) is 15.4. The van der Waals surface area contributed by atoms with Gasteiger partial charge in [-0.1, -0.05) is 213 Å². The first-order valence-corrected chi connectivity index (χ1v) is 24.2. The van der Waals surface area contributed by atoms with Crippen LogP contribution in [0.15, 0.2) is 12.2 Å². The SMILES string of the molecule is CCCCCCCC/C=C\CCCCCCCCCC(=O)OCC(COC(=O)CCCCCCCCCC)OC(=O)CCCCCCCCCCCCCC. The van der Waals surface area contributed by atoms with Crippen LogP contribution in [0.2, 0.25) is 0 Å². The molecule has 0 rings (SSSR count). The second-order valence-corrected chi connectivity index (χ2v) is 16.4. The summed E-state index contributed by atoms with van der Waals surface area (Å²) in [5.74, 6) is -0.865. The van der Waals surface area contributed by atoms with Gasteiger partial charge in [0.15, 0.2) is 6.10 Å². The molecule has 0 N–H and O–H groups in total. The first-order valence-electron chi connectivity index (χ1n) is 24.2. The summed E-state index contributed by atoms with van der Waals surface area (Å²) < 4.78 is 16.7. The number of carbonyl (C=O) groups excluding carboxylic acids is 3. The van der Waals surface area contributed by atoms with E-state index >= 15 is 0 Å². The van der Waals surface area contributed by atoms with Gasteiger partial charge in [0.25, 0.3) is 0 Å². The lowest BCUT2D eigenvalue weighted by Crippen LogP contribution is -2.30. The van der Waals surface area contributed by atoms with Gasteiger partial charge in [0.05, 0.1) is 0 Å². The van der Waals surface area contributed by atoms with Gasteiger partial charge in [-0.3, -0.25) is 14.4 Å². The fourth-order valence-electron chi connectivity index (χ4n) is 7.08. The maximum atomic E-state index is 12.7. The molecule has 0 saturated carbocycles. The largest absolute Gasteiger partial charge is 0.462 e. The zero-order chi connectivity index (χ0) is 40.1. The molecule has 0 aromatic rings. The minimum atomic E-state index is -0.762. The topological polar surface area (TPSA) is 78.9 Å². The van der Waals surface area contributed by atoms with Gasteiger partial charge in [-0.2, -0.15) is 0 Å². The number of hydrogen-bond donors (Lipinski definition) is 0. The molecule has 0 aliphatic rings. The van der Waals surface area contributed by atoms with Crippen molar-refractivity contribution in [3.63, 3.8) is 0 Å². The van der Waals surface area contributed by atoms with Crippen LogP contribution in [0.3, 0.4) is 0 Å². The van der Waals surface area contributed by atoms with Crippen molar-refractivity contribution in [2.24, 2.45) is 0 Å². The van der Waals surface area contributed by atoms with Gasteiger partial charge < -0.3 is 14.2 Å². The molecule has 0 aromatic carbocycles. The van der Waals surface area contributed by atoms with Gasteiger partial charge in [-0.15, -0.1) is 0 Å². The van der Waals surface area contributed by atoms with Crippen LogP contribution < -0.4 is 0 Å². The van der Waals surface area contributed by atoms with E-state index < -0.39 is 6.10 Å². The first kappa shape index (κ1) is 53.1. The summed E-state index contributed by atoms with van der Waals surface area (Å²) in [7, 11) is 0. The number of esters is 3.